The number of unbranched alkanes of at least 4 members (excludes halogenated alkanes) is 1. The molecule has 6 nitrogen and oxygen atoms in total. The average molecular weight is 360 g/mol. The van der Waals surface area contributed by atoms with E-state index < -0.39 is 18.1 Å². The van der Waals surface area contributed by atoms with Gasteiger partial charge in [-0.2, -0.15) is 0 Å². The molecule has 1 amide bonds. The van der Waals surface area contributed by atoms with Gasteiger partial charge in [-0.05, 0) is 24.0 Å². The van der Waals surface area contributed by atoms with Gasteiger partial charge in [0, 0.05) is 23.5 Å². The quantitative estimate of drug-likeness (QED) is 0.595. The van der Waals surface area contributed by atoms with Gasteiger partial charge in [0.2, 0.25) is 0 Å². The van der Waals surface area contributed by atoms with Gasteiger partial charge in [0.05, 0.1) is 6.61 Å². The second-order valence-corrected chi connectivity index (χ2v) is 6.61. The molecule has 2 atom stereocenters. The molecule has 0 fully saturated rings. The molecule has 2 aromatic rings. The van der Waals surface area contributed by atoms with Crippen molar-refractivity contribution >= 4 is 23.0 Å². The number of ether oxygens (including phenoxy) is 1. The minimum atomic E-state index is -1.08. The lowest BCUT2D eigenvalue weighted by atomic mass is 10.0. The number of nitrogens with one attached hydrogen (secondary N) is 2. The molecule has 6 heteroatoms. The number of benzene rings is 1. The lowest BCUT2D eigenvalue weighted by Gasteiger charge is -2.17. The normalized spacial score (nSPS) is 13.3. The standard InChI is InChI=1S/C20H28N2O4/c1-3-5-8-14(4-2)13-26-20(25)22-18(19(23)24)11-15-12-21-17-10-7-6-9-16(15)17/h6-7,9-10,12,14,18,21H,3-5,8,11,13H2,1-2H3,(H,22,25)(H,23,24). The maximum Gasteiger partial charge on any atom is 0.407 e. The Labute approximate surface area is 153 Å². The number of aromatic amines is 1. The Morgan fingerprint density at radius 3 is 2.73 bits per heavy atom. The van der Waals surface area contributed by atoms with E-state index in [2.05, 4.69) is 24.1 Å². The molecule has 1 heterocycles. The molecule has 1 aromatic carbocycles. The van der Waals surface area contributed by atoms with Crippen LogP contribution in [0.25, 0.3) is 10.9 Å². The van der Waals surface area contributed by atoms with Crippen molar-refractivity contribution in [1.82, 2.24) is 10.3 Å². The van der Waals surface area contributed by atoms with Crippen molar-refractivity contribution < 1.29 is 19.4 Å². The van der Waals surface area contributed by atoms with E-state index in [1.165, 1.54) is 0 Å². The number of amides is 1. The zero-order valence-corrected chi connectivity index (χ0v) is 15.5. The summed E-state index contributed by atoms with van der Waals surface area (Å²) in [4.78, 5) is 26.7. The number of carbonyl (C=O) groups excluding carboxylic acids is 1. The number of aliphatic carboxylic acids is 1. The van der Waals surface area contributed by atoms with Crippen molar-refractivity contribution in [3.63, 3.8) is 0 Å². The van der Waals surface area contributed by atoms with E-state index >= 15 is 0 Å². The first-order chi connectivity index (χ1) is 12.5. The summed E-state index contributed by atoms with van der Waals surface area (Å²) in [6.45, 7) is 4.52. The molecule has 0 radical (unpaired) electrons. The minimum absolute atomic E-state index is 0.196. The lowest BCUT2D eigenvalue weighted by Crippen LogP contribution is -2.43. The highest BCUT2D eigenvalue weighted by molar-refractivity contribution is 5.85. The molecule has 142 valence electrons. The molecule has 1 aromatic heterocycles. The number of rotatable bonds is 10. The van der Waals surface area contributed by atoms with E-state index in [0.717, 1.165) is 42.1 Å². The Balaban J connectivity index is 1.93. The molecule has 0 bridgehead atoms. The first-order valence-corrected chi connectivity index (χ1v) is 9.26. The highest BCUT2D eigenvalue weighted by atomic mass is 16.5. The monoisotopic (exact) mass is 360 g/mol. The van der Waals surface area contributed by atoms with E-state index in [1.807, 2.05) is 24.3 Å². The number of hydrogen-bond donors (Lipinski definition) is 3. The third-order valence-corrected chi connectivity index (χ3v) is 4.68. The van der Waals surface area contributed by atoms with Crippen molar-refractivity contribution in [3.05, 3.63) is 36.0 Å². The largest absolute Gasteiger partial charge is 0.480 e. The van der Waals surface area contributed by atoms with Crippen LogP contribution in [0.3, 0.4) is 0 Å². The maximum atomic E-state index is 12.0. The van der Waals surface area contributed by atoms with Gasteiger partial charge in [-0.15, -0.1) is 0 Å². The molecular weight excluding hydrogens is 332 g/mol. The average Bonchev–Trinajstić information content (AvgIpc) is 3.04. The SMILES string of the molecule is CCCCC(CC)COC(=O)NC(Cc1c[nH]c2ccccc12)C(=O)O. The van der Waals surface area contributed by atoms with E-state index in [4.69, 9.17) is 4.74 Å². The highest BCUT2D eigenvalue weighted by Crippen LogP contribution is 2.19. The van der Waals surface area contributed by atoms with Crippen LogP contribution < -0.4 is 5.32 Å². The molecule has 0 aliphatic carbocycles. The Morgan fingerprint density at radius 1 is 1.27 bits per heavy atom. The number of hydrogen-bond acceptors (Lipinski definition) is 3. The van der Waals surface area contributed by atoms with Crippen LogP contribution in [-0.4, -0.2) is 34.8 Å². The zero-order valence-electron chi connectivity index (χ0n) is 15.5. The first-order valence-electron chi connectivity index (χ1n) is 9.26. The van der Waals surface area contributed by atoms with Crippen LogP contribution in [0.2, 0.25) is 0 Å². The predicted octanol–water partition coefficient (Wildman–Crippen LogP) is 4.11. The van der Waals surface area contributed by atoms with Crippen LogP contribution >= 0.6 is 0 Å². The van der Waals surface area contributed by atoms with Crippen LogP contribution in [0.4, 0.5) is 4.79 Å². The molecule has 2 unspecified atom stereocenters. The van der Waals surface area contributed by atoms with E-state index in [1.54, 1.807) is 6.20 Å². The van der Waals surface area contributed by atoms with Gasteiger partial charge in [-0.25, -0.2) is 9.59 Å². The van der Waals surface area contributed by atoms with Crippen LogP contribution in [0.15, 0.2) is 30.5 Å². The Hall–Kier alpha value is -2.50. The van der Waals surface area contributed by atoms with Gasteiger partial charge in [0.15, 0.2) is 0 Å². The van der Waals surface area contributed by atoms with Crippen molar-refractivity contribution in [1.29, 1.82) is 0 Å². The van der Waals surface area contributed by atoms with Gasteiger partial charge in [0.25, 0.3) is 0 Å². The van der Waals surface area contributed by atoms with Crippen LogP contribution in [0, 0.1) is 5.92 Å². The number of carbonyl (C=O) groups is 2. The summed E-state index contributed by atoms with van der Waals surface area (Å²) in [6.07, 6.45) is 5.46. The summed E-state index contributed by atoms with van der Waals surface area (Å²) in [6, 6.07) is 6.64. The summed E-state index contributed by atoms with van der Waals surface area (Å²) in [7, 11) is 0. The van der Waals surface area contributed by atoms with Gasteiger partial charge in [-0.1, -0.05) is 51.3 Å². The first kappa shape index (κ1) is 19.8. The summed E-state index contributed by atoms with van der Waals surface area (Å²) in [5.74, 6) is -0.761. The van der Waals surface area contributed by atoms with E-state index in [-0.39, 0.29) is 6.42 Å². The molecular formula is C20H28N2O4. The number of carboxylic acids is 1. The molecule has 2 rings (SSSR count). The van der Waals surface area contributed by atoms with Crippen LogP contribution in [0.5, 0.6) is 0 Å². The summed E-state index contributed by atoms with van der Waals surface area (Å²) >= 11 is 0. The summed E-state index contributed by atoms with van der Waals surface area (Å²) in [5, 5.41) is 12.9. The molecule has 0 saturated heterocycles. The number of para-hydroxylation sites is 1. The Morgan fingerprint density at radius 2 is 2.04 bits per heavy atom. The van der Waals surface area contributed by atoms with Gasteiger partial charge < -0.3 is 20.1 Å². The molecule has 0 aliphatic heterocycles. The van der Waals surface area contributed by atoms with Gasteiger partial charge in [-0.3, -0.25) is 0 Å². The van der Waals surface area contributed by atoms with Crippen molar-refractivity contribution in [2.45, 2.75) is 52.0 Å². The van der Waals surface area contributed by atoms with Crippen LogP contribution in [0.1, 0.15) is 45.1 Å². The number of alkyl carbamates (subject to hydrolysis) is 1. The summed E-state index contributed by atoms with van der Waals surface area (Å²) in [5.41, 5.74) is 1.79. The number of H-pyrrole nitrogens is 1. The predicted molar refractivity (Wildman–Crippen MR) is 101 cm³/mol. The summed E-state index contributed by atoms with van der Waals surface area (Å²) < 4.78 is 5.26. The van der Waals surface area contributed by atoms with Crippen molar-refractivity contribution in [2.24, 2.45) is 5.92 Å². The molecule has 3 N–H and O–H groups in total. The van der Waals surface area contributed by atoms with Crippen molar-refractivity contribution in [2.75, 3.05) is 6.61 Å². The number of aromatic nitrogens is 1. The molecule has 0 aliphatic rings. The zero-order chi connectivity index (χ0) is 18.9. The smallest absolute Gasteiger partial charge is 0.407 e. The van der Waals surface area contributed by atoms with Gasteiger partial charge >= 0.3 is 12.1 Å². The fourth-order valence-corrected chi connectivity index (χ4v) is 3.00. The van der Waals surface area contributed by atoms with Crippen LogP contribution in [-0.2, 0) is 16.0 Å². The van der Waals surface area contributed by atoms with E-state index in [9.17, 15) is 14.7 Å². The number of carboxylic acid groups (broad SMARTS) is 1. The Bertz CT molecular complexity index is 725. The van der Waals surface area contributed by atoms with Crippen molar-refractivity contribution in [3.8, 4) is 0 Å². The molecule has 26 heavy (non-hydrogen) atoms. The maximum absolute atomic E-state index is 12.0. The Kier molecular flexibility index (Phi) is 7.51. The third-order valence-electron chi connectivity index (χ3n) is 4.68. The third kappa shape index (κ3) is 5.51. The second kappa shape index (κ2) is 9.85. The highest BCUT2D eigenvalue weighted by Gasteiger charge is 2.23. The minimum Gasteiger partial charge on any atom is -0.480 e. The van der Waals surface area contributed by atoms with Gasteiger partial charge in [0.1, 0.15) is 6.04 Å². The molecule has 0 saturated carbocycles. The van der Waals surface area contributed by atoms with E-state index in [0.29, 0.717) is 12.5 Å². The lowest BCUT2D eigenvalue weighted by molar-refractivity contribution is -0.139. The molecule has 0 spiro atoms. The topological polar surface area (TPSA) is 91.4 Å². The second-order valence-electron chi connectivity index (χ2n) is 6.61. The fourth-order valence-electron chi connectivity index (χ4n) is 3.00. The number of fused-ring (bicyclic) bond motifs is 1. The fraction of sp³-hybridized carbons (Fsp3) is 0.500.